The van der Waals surface area contributed by atoms with Crippen molar-refractivity contribution in [3.63, 3.8) is 0 Å². The maximum Gasteiger partial charge on any atom is 0.0546 e. The molecule has 0 amide bonds. The van der Waals surface area contributed by atoms with Gasteiger partial charge in [-0.25, -0.2) is 0 Å². The Morgan fingerprint density at radius 2 is 2.07 bits per heavy atom. The fourth-order valence-electron chi connectivity index (χ4n) is 2.29. The Kier molecular flexibility index (Phi) is 2.09. The molecular weight excluding hydrogens is 182 g/mol. The largest absolute Gasteiger partial charge is 0.378 e. The van der Waals surface area contributed by atoms with Crippen molar-refractivity contribution in [1.29, 1.82) is 0 Å². The molecule has 0 bridgehead atoms. The third-order valence-corrected chi connectivity index (χ3v) is 3.14. The zero-order chi connectivity index (χ0) is 10.1. The van der Waals surface area contributed by atoms with Crippen molar-refractivity contribution in [2.45, 2.75) is 18.9 Å². The Balaban J connectivity index is 0.000000963. The Hall–Kier alpha value is -1.50. The molecule has 1 unspecified atom stereocenters. The molecule has 1 aliphatic carbocycles. The van der Waals surface area contributed by atoms with Crippen molar-refractivity contribution >= 4 is 5.69 Å². The summed E-state index contributed by atoms with van der Waals surface area (Å²) in [4.78, 5) is 0. The number of benzene rings is 1. The number of hydrogen-bond acceptors (Lipinski definition) is 1. The molecular formula is C14H16N. The molecule has 15 heavy (non-hydrogen) atoms. The van der Waals surface area contributed by atoms with Gasteiger partial charge in [0.05, 0.1) is 6.04 Å². The first kappa shape index (κ1) is 8.78. The van der Waals surface area contributed by atoms with Gasteiger partial charge in [-0.1, -0.05) is 36.4 Å². The molecule has 1 aromatic carbocycles. The summed E-state index contributed by atoms with van der Waals surface area (Å²) < 4.78 is 0. The monoisotopic (exact) mass is 198 g/mol. The third-order valence-electron chi connectivity index (χ3n) is 3.14. The molecule has 1 aromatic rings. The average Bonchev–Trinajstić information content (AvgIpc) is 2.48. The van der Waals surface area contributed by atoms with Gasteiger partial charge in [-0.05, 0) is 30.0 Å². The van der Waals surface area contributed by atoms with E-state index in [4.69, 9.17) is 0 Å². The van der Waals surface area contributed by atoms with E-state index in [1.807, 2.05) is 0 Å². The SMILES string of the molecule is [CH]1C=CC=C2CCc3ccccc3NC12.[HH]. The number of allylic oxidation sites excluding steroid dienone is 2. The topological polar surface area (TPSA) is 12.0 Å². The second kappa shape index (κ2) is 3.58. The zero-order valence-corrected chi connectivity index (χ0v) is 8.61. The van der Waals surface area contributed by atoms with Crippen LogP contribution in [0.5, 0.6) is 0 Å². The van der Waals surface area contributed by atoms with Gasteiger partial charge in [0, 0.05) is 13.5 Å². The number of para-hydroxylation sites is 1. The van der Waals surface area contributed by atoms with Crippen LogP contribution in [0.15, 0.2) is 48.1 Å². The van der Waals surface area contributed by atoms with E-state index >= 15 is 0 Å². The van der Waals surface area contributed by atoms with Gasteiger partial charge in [0.15, 0.2) is 0 Å². The van der Waals surface area contributed by atoms with Crippen LogP contribution in [0.3, 0.4) is 0 Å². The highest BCUT2D eigenvalue weighted by atomic mass is 14.9. The number of rotatable bonds is 0. The molecule has 0 saturated heterocycles. The molecule has 2 aliphatic rings. The smallest absolute Gasteiger partial charge is 0.0546 e. The van der Waals surface area contributed by atoms with Crippen molar-refractivity contribution < 1.29 is 1.43 Å². The molecule has 1 heteroatoms. The standard InChI is InChI=1S/C14H14N.H2/c1-3-7-13-11(5-1)9-10-12-6-2-4-8-14(12)15-13;/h1-8,13,15H,9-10H2;1H. The molecule has 1 N–H and O–H groups in total. The fourth-order valence-corrected chi connectivity index (χ4v) is 2.29. The Labute approximate surface area is 92.0 Å². The van der Waals surface area contributed by atoms with Crippen molar-refractivity contribution in [1.82, 2.24) is 0 Å². The molecule has 0 saturated carbocycles. The summed E-state index contributed by atoms with van der Waals surface area (Å²) in [6.07, 6.45) is 11.0. The second-order valence-corrected chi connectivity index (χ2v) is 4.10. The minimum absolute atomic E-state index is 0. The maximum absolute atomic E-state index is 3.59. The first-order valence-electron chi connectivity index (χ1n) is 5.48. The van der Waals surface area contributed by atoms with E-state index in [0.717, 1.165) is 12.8 Å². The molecule has 1 heterocycles. The van der Waals surface area contributed by atoms with Gasteiger partial charge in [0.1, 0.15) is 0 Å². The van der Waals surface area contributed by atoms with E-state index in [1.165, 1.54) is 16.8 Å². The number of anilines is 1. The Bertz CT molecular complexity index is 434. The van der Waals surface area contributed by atoms with Gasteiger partial charge in [-0.2, -0.15) is 0 Å². The van der Waals surface area contributed by atoms with Gasteiger partial charge in [-0.15, -0.1) is 0 Å². The lowest BCUT2D eigenvalue weighted by atomic mass is 9.95. The Morgan fingerprint density at radius 3 is 3.07 bits per heavy atom. The lowest BCUT2D eigenvalue weighted by Gasteiger charge is -2.21. The average molecular weight is 198 g/mol. The van der Waals surface area contributed by atoms with Gasteiger partial charge in [-0.3, -0.25) is 0 Å². The van der Waals surface area contributed by atoms with Crippen molar-refractivity contribution in [3.8, 4) is 0 Å². The minimum atomic E-state index is 0. The minimum Gasteiger partial charge on any atom is -0.378 e. The summed E-state index contributed by atoms with van der Waals surface area (Å²) in [6.45, 7) is 0. The first-order valence-corrected chi connectivity index (χ1v) is 5.48. The summed E-state index contributed by atoms with van der Waals surface area (Å²) in [5.74, 6) is 0. The number of hydrogen-bond donors (Lipinski definition) is 1. The van der Waals surface area contributed by atoms with Crippen LogP contribution in [0.4, 0.5) is 5.69 Å². The zero-order valence-electron chi connectivity index (χ0n) is 8.61. The molecule has 0 fully saturated rings. The van der Waals surface area contributed by atoms with E-state index in [0.29, 0.717) is 6.04 Å². The van der Waals surface area contributed by atoms with Gasteiger partial charge < -0.3 is 5.32 Å². The number of nitrogens with one attached hydrogen (secondary N) is 1. The van der Waals surface area contributed by atoms with Crippen LogP contribution >= 0.6 is 0 Å². The molecule has 0 aromatic heterocycles. The maximum atomic E-state index is 3.59. The molecule has 1 radical (unpaired) electrons. The van der Waals surface area contributed by atoms with Crippen molar-refractivity contribution in [2.75, 3.05) is 5.32 Å². The molecule has 0 spiro atoms. The highest BCUT2D eigenvalue weighted by Crippen LogP contribution is 2.29. The normalized spacial score (nSPS) is 23.2. The number of aryl methyl sites for hydroxylation is 1. The molecule has 3 rings (SSSR count). The van der Waals surface area contributed by atoms with Crippen LogP contribution in [0.25, 0.3) is 0 Å². The predicted molar refractivity (Wildman–Crippen MR) is 65.8 cm³/mol. The summed E-state index contributed by atoms with van der Waals surface area (Å²) in [7, 11) is 0. The predicted octanol–water partition coefficient (Wildman–Crippen LogP) is 3.36. The van der Waals surface area contributed by atoms with Crippen LogP contribution in [0.1, 0.15) is 13.4 Å². The van der Waals surface area contributed by atoms with E-state index in [-0.39, 0.29) is 1.43 Å². The summed E-state index contributed by atoms with van der Waals surface area (Å²) in [5.41, 5.74) is 4.22. The lowest BCUT2D eigenvalue weighted by molar-refractivity contribution is 0.865. The first-order chi connectivity index (χ1) is 7.43. The summed E-state index contributed by atoms with van der Waals surface area (Å²) >= 11 is 0. The quantitative estimate of drug-likeness (QED) is 0.674. The van der Waals surface area contributed by atoms with E-state index in [1.54, 1.807) is 0 Å². The van der Waals surface area contributed by atoms with E-state index in [9.17, 15) is 0 Å². The highest BCUT2D eigenvalue weighted by molar-refractivity contribution is 5.57. The summed E-state index contributed by atoms with van der Waals surface area (Å²) in [6, 6.07) is 9.00. The van der Waals surface area contributed by atoms with Crippen LogP contribution in [0.2, 0.25) is 0 Å². The van der Waals surface area contributed by atoms with Crippen molar-refractivity contribution in [3.05, 3.63) is 60.1 Å². The van der Waals surface area contributed by atoms with Crippen LogP contribution in [0, 0.1) is 6.42 Å². The molecule has 1 aliphatic heterocycles. The van der Waals surface area contributed by atoms with Crippen molar-refractivity contribution in [2.24, 2.45) is 0 Å². The van der Waals surface area contributed by atoms with Crippen LogP contribution in [-0.2, 0) is 6.42 Å². The highest BCUT2D eigenvalue weighted by Gasteiger charge is 2.19. The fraction of sp³-hybridized carbons (Fsp3) is 0.214. The van der Waals surface area contributed by atoms with Crippen LogP contribution < -0.4 is 5.32 Å². The van der Waals surface area contributed by atoms with E-state index < -0.39 is 0 Å². The number of fused-ring (bicyclic) bond motifs is 2. The molecule has 1 atom stereocenters. The summed E-state index contributed by atoms with van der Waals surface area (Å²) in [5, 5.41) is 3.59. The molecule has 1 nitrogen and oxygen atoms in total. The van der Waals surface area contributed by atoms with Gasteiger partial charge >= 0.3 is 0 Å². The second-order valence-electron chi connectivity index (χ2n) is 4.10. The van der Waals surface area contributed by atoms with Crippen LogP contribution in [-0.4, -0.2) is 6.04 Å². The van der Waals surface area contributed by atoms with Gasteiger partial charge in [0.25, 0.3) is 0 Å². The molecule has 77 valence electrons. The van der Waals surface area contributed by atoms with E-state index in [2.05, 4.69) is 54.2 Å². The Morgan fingerprint density at radius 1 is 1.13 bits per heavy atom. The lowest BCUT2D eigenvalue weighted by Crippen LogP contribution is -2.22. The van der Waals surface area contributed by atoms with Gasteiger partial charge in [0.2, 0.25) is 0 Å². The third kappa shape index (κ3) is 1.58.